The number of nitrogens with two attached hydrogens (primary N) is 1. The summed E-state index contributed by atoms with van der Waals surface area (Å²) < 4.78 is 0. The van der Waals surface area contributed by atoms with Crippen molar-refractivity contribution in [1.29, 1.82) is 0 Å². The molecule has 2 N–H and O–H groups in total. The van der Waals surface area contributed by atoms with Gasteiger partial charge in [0.25, 0.3) is 0 Å². The van der Waals surface area contributed by atoms with Gasteiger partial charge in [-0.1, -0.05) is 12.1 Å². The van der Waals surface area contributed by atoms with Gasteiger partial charge in [-0.3, -0.25) is 4.79 Å². The standard InChI is InChI=1S/C21H31N3O/c1-23(2)15-21(25)24-12-10-16(11-13-24)18-8-9-20(22)19(14-18)17-6-4-3-5-7-17/h6,8-9,14,16H,3-5,7,10-13,15,22H2,1-2H3. The molecule has 0 bridgehead atoms. The monoisotopic (exact) mass is 341 g/mol. The van der Waals surface area contributed by atoms with Crippen LogP contribution < -0.4 is 5.73 Å². The van der Waals surface area contributed by atoms with Crippen molar-refractivity contribution in [1.82, 2.24) is 9.80 Å². The van der Waals surface area contributed by atoms with Crippen LogP contribution in [0.1, 0.15) is 55.6 Å². The number of carbonyl (C=O) groups is 1. The highest BCUT2D eigenvalue weighted by Gasteiger charge is 2.24. The number of piperidine rings is 1. The topological polar surface area (TPSA) is 49.6 Å². The number of allylic oxidation sites excluding steroid dienone is 2. The Labute approximate surface area is 151 Å². The molecule has 0 saturated carbocycles. The molecule has 2 aliphatic rings. The normalized spacial score (nSPS) is 19.2. The zero-order valence-electron chi connectivity index (χ0n) is 15.6. The molecule has 3 rings (SSSR count). The van der Waals surface area contributed by atoms with Crippen molar-refractivity contribution < 1.29 is 4.79 Å². The molecule has 1 aromatic rings. The number of anilines is 1. The van der Waals surface area contributed by atoms with Crippen molar-refractivity contribution in [3.05, 3.63) is 35.4 Å². The first-order valence-electron chi connectivity index (χ1n) is 9.56. The summed E-state index contributed by atoms with van der Waals surface area (Å²) in [5.41, 5.74) is 11.2. The molecule has 1 heterocycles. The molecule has 0 unspecified atom stereocenters. The molecular weight excluding hydrogens is 310 g/mol. The van der Waals surface area contributed by atoms with Gasteiger partial charge in [0.15, 0.2) is 0 Å². The van der Waals surface area contributed by atoms with Gasteiger partial charge in [0.1, 0.15) is 0 Å². The van der Waals surface area contributed by atoms with E-state index in [4.69, 9.17) is 5.73 Å². The summed E-state index contributed by atoms with van der Waals surface area (Å²) in [7, 11) is 3.89. The minimum Gasteiger partial charge on any atom is -0.398 e. The second kappa shape index (κ2) is 8.05. The quantitative estimate of drug-likeness (QED) is 0.853. The molecule has 0 atom stereocenters. The van der Waals surface area contributed by atoms with Crippen molar-refractivity contribution in [2.24, 2.45) is 0 Å². The lowest BCUT2D eigenvalue weighted by Gasteiger charge is -2.33. The molecule has 25 heavy (non-hydrogen) atoms. The minimum absolute atomic E-state index is 0.244. The minimum atomic E-state index is 0.244. The summed E-state index contributed by atoms with van der Waals surface area (Å²) in [4.78, 5) is 16.2. The molecule has 4 heteroatoms. The Balaban J connectivity index is 1.67. The summed E-state index contributed by atoms with van der Waals surface area (Å²) >= 11 is 0. The van der Waals surface area contributed by atoms with E-state index in [2.05, 4.69) is 24.3 Å². The average Bonchev–Trinajstić information content (AvgIpc) is 2.62. The summed E-state index contributed by atoms with van der Waals surface area (Å²) in [6.45, 7) is 2.23. The maximum atomic E-state index is 12.2. The number of nitrogens with zero attached hydrogens (tertiary/aromatic N) is 2. The van der Waals surface area contributed by atoms with E-state index in [1.54, 1.807) is 0 Å². The number of likely N-dealkylation sites (tertiary alicyclic amines) is 1. The van der Waals surface area contributed by atoms with Crippen LogP contribution in [0.15, 0.2) is 24.3 Å². The van der Waals surface area contributed by atoms with Gasteiger partial charge in [0.2, 0.25) is 5.91 Å². The van der Waals surface area contributed by atoms with Crippen LogP contribution in [0.2, 0.25) is 0 Å². The van der Waals surface area contributed by atoms with Crippen molar-refractivity contribution in [2.75, 3.05) is 39.5 Å². The van der Waals surface area contributed by atoms with Gasteiger partial charge >= 0.3 is 0 Å². The number of rotatable bonds is 4. The van der Waals surface area contributed by atoms with Crippen molar-refractivity contribution >= 4 is 17.2 Å². The highest BCUT2D eigenvalue weighted by Crippen LogP contribution is 2.35. The van der Waals surface area contributed by atoms with Crippen LogP contribution in [-0.4, -0.2) is 49.4 Å². The van der Waals surface area contributed by atoms with Gasteiger partial charge in [-0.15, -0.1) is 0 Å². The first-order valence-corrected chi connectivity index (χ1v) is 9.56. The summed E-state index contributed by atoms with van der Waals surface area (Å²) in [6, 6.07) is 6.57. The Kier molecular flexibility index (Phi) is 5.79. The molecule has 4 nitrogen and oxygen atoms in total. The number of nitrogen functional groups attached to an aromatic ring is 1. The number of hydrogen-bond acceptors (Lipinski definition) is 3. The number of amides is 1. The molecule has 0 aromatic heterocycles. The second-order valence-electron chi connectivity index (χ2n) is 7.71. The van der Waals surface area contributed by atoms with Gasteiger partial charge in [-0.05, 0) is 81.8 Å². The van der Waals surface area contributed by atoms with Gasteiger partial charge in [0.05, 0.1) is 6.54 Å². The smallest absolute Gasteiger partial charge is 0.236 e. The molecule has 136 valence electrons. The van der Waals surface area contributed by atoms with Crippen molar-refractivity contribution in [2.45, 2.75) is 44.4 Å². The van der Waals surface area contributed by atoms with Crippen molar-refractivity contribution in [3.8, 4) is 0 Å². The molecular formula is C21H31N3O. The van der Waals surface area contributed by atoms with E-state index in [1.165, 1.54) is 36.0 Å². The maximum Gasteiger partial charge on any atom is 0.236 e. The third-order valence-electron chi connectivity index (χ3n) is 5.48. The zero-order valence-corrected chi connectivity index (χ0v) is 15.6. The molecule has 1 aliphatic heterocycles. The number of hydrogen-bond donors (Lipinski definition) is 1. The lowest BCUT2D eigenvalue weighted by Crippen LogP contribution is -2.42. The predicted octanol–water partition coefficient (Wildman–Crippen LogP) is 3.49. The molecule has 0 spiro atoms. The molecule has 1 aromatic carbocycles. The Bertz CT molecular complexity index is 643. The predicted molar refractivity (Wildman–Crippen MR) is 104 cm³/mol. The van der Waals surface area contributed by atoms with Crippen LogP contribution in [0.3, 0.4) is 0 Å². The van der Waals surface area contributed by atoms with Gasteiger partial charge in [0, 0.05) is 24.3 Å². The van der Waals surface area contributed by atoms with Gasteiger partial charge in [-0.2, -0.15) is 0 Å². The summed E-state index contributed by atoms with van der Waals surface area (Å²) in [5.74, 6) is 0.778. The van der Waals surface area contributed by atoms with E-state index in [1.807, 2.05) is 23.9 Å². The lowest BCUT2D eigenvalue weighted by atomic mass is 9.85. The van der Waals surface area contributed by atoms with Crippen molar-refractivity contribution in [3.63, 3.8) is 0 Å². The first-order chi connectivity index (χ1) is 12.0. The highest BCUT2D eigenvalue weighted by molar-refractivity contribution is 5.78. The molecule has 1 aliphatic carbocycles. The van der Waals surface area contributed by atoms with Crippen LogP contribution in [0.4, 0.5) is 5.69 Å². The van der Waals surface area contributed by atoms with Gasteiger partial charge in [-0.25, -0.2) is 0 Å². The summed E-state index contributed by atoms with van der Waals surface area (Å²) in [6.07, 6.45) is 9.32. The second-order valence-corrected chi connectivity index (χ2v) is 7.71. The van der Waals surface area contributed by atoms with E-state index in [0.717, 1.165) is 38.0 Å². The number of likely N-dealkylation sites (N-methyl/N-ethyl adjacent to an activating group) is 1. The van der Waals surface area contributed by atoms with Gasteiger partial charge < -0.3 is 15.5 Å². The number of benzene rings is 1. The highest BCUT2D eigenvalue weighted by atomic mass is 16.2. The van der Waals surface area contributed by atoms with Crippen LogP contribution in [-0.2, 0) is 4.79 Å². The molecule has 1 saturated heterocycles. The van der Waals surface area contributed by atoms with Crippen LogP contribution in [0.5, 0.6) is 0 Å². The van der Waals surface area contributed by atoms with E-state index in [0.29, 0.717) is 12.5 Å². The molecule has 1 fully saturated rings. The average molecular weight is 341 g/mol. The Morgan fingerprint density at radius 3 is 2.64 bits per heavy atom. The first kappa shape index (κ1) is 18.0. The molecule has 1 amide bonds. The van der Waals surface area contributed by atoms with E-state index < -0.39 is 0 Å². The largest absolute Gasteiger partial charge is 0.398 e. The third-order valence-corrected chi connectivity index (χ3v) is 5.48. The SMILES string of the molecule is CN(C)CC(=O)N1CCC(c2ccc(N)c(C3=CCCCC3)c2)CC1. The summed E-state index contributed by atoms with van der Waals surface area (Å²) in [5, 5.41) is 0. The fraction of sp³-hybridized carbons (Fsp3) is 0.571. The number of carbonyl (C=O) groups excluding carboxylic acids is 1. The fourth-order valence-corrected chi connectivity index (χ4v) is 4.02. The Morgan fingerprint density at radius 1 is 1.24 bits per heavy atom. The van der Waals surface area contributed by atoms with E-state index in [9.17, 15) is 4.79 Å². The maximum absolute atomic E-state index is 12.2. The van der Waals surface area contributed by atoms with Crippen LogP contribution in [0, 0.1) is 0 Å². The van der Waals surface area contributed by atoms with E-state index >= 15 is 0 Å². The fourth-order valence-electron chi connectivity index (χ4n) is 4.02. The zero-order chi connectivity index (χ0) is 17.8. The molecule has 0 radical (unpaired) electrons. The lowest BCUT2D eigenvalue weighted by molar-refractivity contribution is -0.132. The Morgan fingerprint density at radius 2 is 2.00 bits per heavy atom. The van der Waals surface area contributed by atoms with E-state index in [-0.39, 0.29) is 5.91 Å². The van der Waals surface area contributed by atoms with Crippen LogP contribution >= 0.6 is 0 Å². The van der Waals surface area contributed by atoms with Crippen LogP contribution in [0.25, 0.3) is 5.57 Å². The third kappa shape index (κ3) is 4.43. The Hall–Kier alpha value is -1.81.